The number of aromatic nitrogens is 2. The number of hydrogen-bond donors (Lipinski definition) is 1. The molecule has 1 fully saturated rings. The largest absolute Gasteiger partial charge is 0.480 e. The number of hydrogen-bond acceptors (Lipinski definition) is 4. The Labute approximate surface area is 207 Å². The summed E-state index contributed by atoms with van der Waals surface area (Å²) in [6.07, 6.45) is 5.14. The minimum atomic E-state index is -0.903. The van der Waals surface area contributed by atoms with Gasteiger partial charge in [-0.2, -0.15) is 5.10 Å². The minimum absolute atomic E-state index is 0.208. The van der Waals surface area contributed by atoms with Gasteiger partial charge in [-0.05, 0) is 50.0 Å². The molecule has 3 aromatic rings. The highest BCUT2D eigenvalue weighted by Gasteiger charge is 2.26. The van der Waals surface area contributed by atoms with Crippen LogP contribution >= 0.6 is 0 Å². The Morgan fingerprint density at radius 3 is 2.43 bits per heavy atom. The fourth-order valence-electron chi connectivity index (χ4n) is 5.14. The van der Waals surface area contributed by atoms with Gasteiger partial charge in [0.05, 0.1) is 13.2 Å². The normalized spacial score (nSPS) is 18.0. The van der Waals surface area contributed by atoms with E-state index in [-0.39, 0.29) is 6.61 Å². The Hall–Kier alpha value is -2.96. The third-order valence-corrected chi connectivity index (χ3v) is 6.93. The highest BCUT2D eigenvalue weighted by molar-refractivity contribution is 5.83. The minimum Gasteiger partial charge on any atom is -0.480 e. The van der Waals surface area contributed by atoms with Crippen LogP contribution in [0.1, 0.15) is 36.9 Å². The van der Waals surface area contributed by atoms with E-state index in [0.717, 1.165) is 49.9 Å². The van der Waals surface area contributed by atoms with Crippen molar-refractivity contribution in [3.8, 4) is 22.4 Å². The first kappa shape index (κ1) is 25.1. The zero-order valence-corrected chi connectivity index (χ0v) is 20.8. The molecule has 0 aliphatic heterocycles. The maximum absolute atomic E-state index is 10.7. The number of aryl methyl sites for hydroxylation is 1. The molecule has 186 valence electrons. The molecule has 1 heterocycles. The van der Waals surface area contributed by atoms with Crippen LogP contribution in [0.3, 0.4) is 0 Å². The molecular formula is C29H36N2O4. The summed E-state index contributed by atoms with van der Waals surface area (Å²) in [7, 11) is 1.75. The first-order chi connectivity index (χ1) is 17.0. The van der Waals surface area contributed by atoms with Crippen molar-refractivity contribution in [3.63, 3.8) is 0 Å². The van der Waals surface area contributed by atoms with E-state index in [1.807, 2.05) is 6.07 Å². The Balaban J connectivity index is 1.60. The summed E-state index contributed by atoms with van der Waals surface area (Å²) in [5, 5.41) is 14.0. The number of carbonyl (C=O) groups is 1. The number of rotatable bonds is 11. The van der Waals surface area contributed by atoms with Crippen LogP contribution in [0.25, 0.3) is 22.4 Å². The van der Waals surface area contributed by atoms with Crippen molar-refractivity contribution >= 4 is 5.97 Å². The van der Waals surface area contributed by atoms with Crippen LogP contribution in [0, 0.1) is 18.8 Å². The number of carboxylic acids is 1. The molecule has 1 aromatic heterocycles. The lowest BCUT2D eigenvalue weighted by molar-refractivity contribution is -0.142. The van der Waals surface area contributed by atoms with E-state index >= 15 is 0 Å². The van der Waals surface area contributed by atoms with Crippen LogP contribution in [-0.4, -0.2) is 47.8 Å². The predicted octanol–water partition coefficient (Wildman–Crippen LogP) is 5.62. The number of nitrogens with zero attached hydrogens (tertiary/aromatic N) is 2. The van der Waals surface area contributed by atoms with Crippen molar-refractivity contribution in [2.45, 2.75) is 45.6 Å². The topological polar surface area (TPSA) is 73.6 Å². The molecular weight excluding hydrogens is 440 g/mol. The summed E-state index contributed by atoms with van der Waals surface area (Å²) in [5.74, 6) is 0.0828. The molecule has 1 N–H and O–H groups in total. The van der Waals surface area contributed by atoms with E-state index in [4.69, 9.17) is 19.7 Å². The summed E-state index contributed by atoms with van der Waals surface area (Å²) in [4.78, 5) is 10.7. The lowest BCUT2D eigenvalue weighted by atomic mass is 9.82. The van der Waals surface area contributed by atoms with Gasteiger partial charge in [0.25, 0.3) is 0 Å². The van der Waals surface area contributed by atoms with Crippen molar-refractivity contribution in [1.82, 2.24) is 9.78 Å². The van der Waals surface area contributed by atoms with E-state index in [0.29, 0.717) is 25.0 Å². The second-order valence-electron chi connectivity index (χ2n) is 9.63. The van der Waals surface area contributed by atoms with Crippen LogP contribution < -0.4 is 0 Å². The number of aliphatic carboxylic acids is 1. The molecule has 0 bridgehead atoms. The highest BCUT2D eigenvalue weighted by Crippen LogP contribution is 2.37. The average molecular weight is 477 g/mol. The highest BCUT2D eigenvalue weighted by atomic mass is 16.5. The number of ether oxygens (including phenoxy) is 2. The zero-order chi connectivity index (χ0) is 24.6. The van der Waals surface area contributed by atoms with E-state index in [9.17, 15) is 4.79 Å². The summed E-state index contributed by atoms with van der Waals surface area (Å²) in [6, 6.07) is 19.1. The third-order valence-electron chi connectivity index (χ3n) is 6.93. The van der Waals surface area contributed by atoms with Crippen LogP contribution in [0.4, 0.5) is 0 Å². The van der Waals surface area contributed by atoms with Gasteiger partial charge in [-0.3, -0.25) is 4.68 Å². The summed E-state index contributed by atoms with van der Waals surface area (Å²) < 4.78 is 13.1. The maximum Gasteiger partial charge on any atom is 0.329 e. The van der Waals surface area contributed by atoms with E-state index in [1.54, 1.807) is 7.11 Å². The van der Waals surface area contributed by atoms with Crippen molar-refractivity contribution in [2.24, 2.45) is 11.8 Å². The molecule has 1 aliphatic rings. The maximum atomic E-state index is 10.7. The van der Waals surface area contributed by atoms with E-state index in [1.165, 1.54) is 22.4 Å². The second-order valence-corrected chi connectivity index (χ2v) is 9.63. The van der Waals surface area contributed by atoms with Crippen molar-refractivity contribution in [3.05, 3.63) is 65.9 Å². The Bertz CT molecular complexity index is 1100. The fourth-order valence-corrected chi connectivity index (χ4v) is 5.14. The molecule has 2 aromatic carbocycles. The summed E-state index contributed by atoms with van der Waals surface area (Å²) in [5.41, 5.74) is 7.01. The van der Waals surface area contributed by atoms with Crippen molar-refractivity contribution in [2.75, 3.05) is 26.9 Å². The molecule has 6 heteroatoms. The van der Waals surface area contributed by atoms with Gasteiger partial charge in [0.2, 0.25) is 0 Å². The molecule has 0 radical (unpaired) electrons. The van der Waals surface area contributed by atoms with Crippen molar-refractivity contribution in [1.29, 1.82) is 0 Å². The monoisotopic (exact) mass is 476 g/mol. The van der Waals surface area contributed by atoms with Crippen LogP contribution in [-0.2, 0) is 27.2 Å². The molecule has 1 aliphatic carbocycles. The summed E-state index contributed by atoms with van der Waals surface area (Å²) in [6.45, 7) is 3.99. The van der Waals surface area contributed by atoms with Gasteiger partial charge in [-0.15, -0.1) is 0 Å². The van der Waals surface area contributed by atoms with Crippen LogP contribution in [0.15, 0.2) is 54.6 Å². The smallest absolute Gasteiger partial charge is 0.329 e. The lowest BCUT2D eigenvalue weighted by Gasteiger charge is -2.28. The molecule has 0 spiro atoms. The van der Waals surface area contributed by atoms with Gasteiger partial charge in [0.15, 0.2) is 0 Å². The first-order valence-electron chi connectivity index (χ1n) is 12.6. The Morgan fingerprint density at radius 1 is 1.03 bits per heavy atom. The summed E-state index contributed by atoms with van der Waals surface area (Å²) >= 11 is 0. The fraction of sp³-hybridized carbons (Fsp3) is 0.448. The van der Waals surface area contributed by atoms with Crippen LogP contribution in [0.2, 0.25) is 0 Å². The second kappa shape index (κ2) is 12.1. The first-order valence-corrected chi connectivity index (χ1v) is 12.6. The SMILES string of the molecule is COCCc1c(-c2cccc(C)c2)c(-c2ccccc2)nn1C[C@H]1CC[C@H](COCC(=O)O)CC1. The quantitative estimate of drug-likeness (QED) is 0.389. The molecule has 4 rings (SSSR count). The number of methoxy groups -OCH3 is 1. The number of benzene rings is 2. The molecule has 0 saturated heterocycles. The molecule has 0 amide bonds. The number of carboxylic acid groups (broad SMARTS) is 1. The van der Waals surface area contributed by atoms with Crippen molar-refractivity contribution < 1.29 is 19.4 Å². The molecule has 1 saturated carbocycles. The van der Waals surface area contributed by atoms with Gasteiger partial charge < -0.3 is 14.6 Å². The van der Waals surface area contributed by atoms with Gasteiger partial charge in [-0.25, -0.2) is 4.79 Å². The molecule has 0 atom stereocenters. The van der Waals surface area contributed by atoms with E-state index < -0.39 is 5.97 Å². The Kier molecular flexibility index (Phi) is 8.72. The molecule has 35 heavy (non-hydrogen) atoms. The molecule has 6 nitrogen and oxygen atoms in total. The third kappa shape index (κ3) is 6.59. The van der Waals surface area contributed by atoms with Gasteiger partial charge >= 0.3 is 5.97 Å². The van der Waals surface area contributed by atoms with Crippen LogP contribution in [0.5, 0.6) is 0 Å². The van der Waals surface area contributed by atoms with Gasteiger partial charge in [0.1, 0.15) is 12.3 Å². The van der Waals surface area contributed by atoms with Gasteiger partial charge in [-0.1, -0.05) is 60.2 Å². The predicted molar refractivity (Wildman–Crippen MR) is 137 cm³/mol. The lowest BCUT2D eigenvalue weighted by Crippen LogP contribution is -2.24. The average Bonchev–Trinajstić information content (AvgIpc) is 3.22. The Morgan fingerprint density at radius 2 is 1.74 bits per heavy atom. The van der Waals surface area contributed by atoms with Gasteiger partial charge in [0, 0.05) is 36.9 Å². The standard InChI is InChI=1S/C29H36N2O4/c1-21-7-6-10-25(17-21)28-26(15-16-34-2)31(30-29(28)24-8-4-3-5-9-24)18-22-11-13-23(14-12-22)19-35-20-27(32)33/h3-10,17,22-23H,11-16,18-20H2,1-2H3,(H,32,33)/t22-,23-. The van der Waals surface area contributed by atoms with E-state index in [2.05, 4.69) is 60.1 Å². The molecule has 0 unspecified atom stereocenters. The zero-order valence-electron chi connectivity index (χ0n) is 20.8.